The highest BCUT2D eigenvalue weighted by molar-refractivity contribution is 6.35. The zero-order chi connectivity index (χ0) is 17.5. The van der Waals surface area contributed by atoms with Gasteiger partial charge >= 0.3 is 6.03 Å². The summed E-state index contributed by atoms with van der Waals surface area (Å²) in [6.07, 6.45) is 1.44. The largest absolute Gasteiger partial charge is 0.493 e. The molecule has 0 radical (unpaired) electrons. The van der Waals surface area contributed by atoms with Gasteiger partial charge in [0.05, 0.1) is 13.3 Å². The minimum absolute atomic E-state index is 0.267. The third-order valence-corrected chi connectivity index (χ3v) is 3.56. The molecule has 0 aromatic heterocycles. The van der Waals surface area contributed by atoms with Gasteiger partial charge in [-0.3, -0.25) is 0 Å². The molecule has 2 aromatic carbocycles. The third kappa shape index (κ3) is 5.04. The van der Waals surface area contributed by atoms with Gasteiger partial charge in [-0.1, -0.05) is 29.3 Å². The molecule has 0 heterocycles. The van der Waals surface area contributed by atoms with Crippen LogP contribution in [0.15, 0.2) is 41.5 Å². The molecule has 3 N–H and O–H groups in total. The molecule has 8 heteroatoms. The SMILES string of the molecule is COc1cc(/C=N/NC(N)=O)ccc1OCc1ccc(Cl)cc1Cl. The number of nitrogens with one attached hydrogen (secondary N) is 1. The zero-order valence-corrected chi connectivity index (χ0v) is 14.3. The van der Waals surface area contributed by atoms with E-state index in [4.69, 9.17) is 38.4 Å². The molecule has 0 atom stereocenters. The first-order valence-corrected chi connectivity index (χ1v) is 7.58. The number of nitrogens with two attached hydrogens (primary N) is 1. The van der Waals surface area contributed by atoms with Crippen molar-refractivity contribution in [3.63, 3.8) is 0 Å². The van der Waals surface area contributed by atoms with E-state index in [1.54, 1.807) is 36.4 Å². The molecule has 2 amide bonds. The normalized spacial score (nSPS) is 10.6. The van der Waals surface area contributed by atoms with Gasteiger partial charge in [0, 0.05) is 15.6 Å². The van der Waals surface area contributed by atoms with Gasteiger partial charge < -0.3 is 15.2 Å². The number of carbonyl (C=O) groups excluding carboxylic acids is 1. The van der Waals surface area contributed by atoms with E-state index in [0.29, 0.717) is 27.1 Å². The van der Waals surface area contributed by atoms with Crippen molar-refractivity contribution in [2.45, 2.75) is 6.61 Å². The summed E-state index contributed by atoms with van der Waals surface area (Å²) in [5.41, 5.74) is 8.55. The first-order chi connectivity index (χ1) is 11.5. The maximum absolute atomic E-state index is 10.6. The number of nitrogens with zero attached hydrogens (tertiary/aromatic N) is 1. The Morgan fingerprint density at radius 2 is 2.04 bits per heavy atom. The average molecular weight is 368 g/mol. The van der Waals surface area contributed by atoms with E-state index in [2.05, 4.69) is 10.5 Å². The molecule has 24 heavy (non-hydrogen) atoms. The predicted molar refractivity (Wildman–Crippen MR) is 94.1 cm³/mol. The molecule has 0 aliphatic rings. The minimum atomic E-state index is -0.738. The lowest BCUT2D eigenvalue weighted by Crippen LogP contribution is -2.24. The van der Waals surface area contributed by atoms with Gasteiger partial charge in [-0.05, 0) is 35.9 Å². The van der Waals surface area contributed by atoms with Gasteiger partial charge in [-0.2, -0.15) is 5.10 Å². The maximum Gasteiger partial charge on any atom is 0.332 e. The van der Waals surface area contributed by atoms with Crippen molar-refractivity contribution in [3.05, 3.63) is 57.6 Å². The fourth-order valence-corrected chi connectivity index (χ4v) is 2.31. The molecular weight excluding hydrogens is 353 g/mol. The van der Waals surface area contributed by atoms with Crippen LogP contribution in [0.3, 0.4) is 0 Å². The summed E-state index contributed by atoms with van der Waals surface area (Å²) in [4.78, 5) is 10.6. The fourth-order valence-electron chi connectivity index (χ4n) is 1.85. The molecule has 0 unspecified atom stereocenters. The molecule has 2 aromatic rings. The highest BCUT2D eigenvalue weighted by Crippen LogP contribution is 2.29. The second-order valence-electron chi connectivity index (χ2n) is 4.67. The number of hydrazone groups is 1. The van der Waals surface area contributed by atoms with Crippen LogP contribution in [0.25, 0.3) is 0 Å². The van der Waals surface area contributed by atoms with E-state index in [1.807, 2.05) is 0 Å². The number of halogens is 2. The van der Waals surface area contributed by atoms with Crippen molar-refractivity contribution < 1.29 is 14.3 Å². The minimum Gasteiger partial charge on any atom is -0.493 e. The summed E-state index contributed by atoms with van der Waals surface area (Å²) in [7, 11) is 1.53. The lowest BCUT2D eigenvalue weighted by Gasteiger charge is -2.12. The molecule has 0 bridgehead atoms. The van der Waals surface area contributed by atoms with Gasteiger partial charge in [0.1, 0.15) is 6.61 Å². The number of urea groups is 1. The summed E-state index contributed by atoms with van der Waals surface area (Å²) in [5.74, 6) is 1.06. The van der Waals surface area contributed by atoms with Crippen LogP contribution in [0.5, 0.6) is 11.5 Å². The number of ether oxygens (including phenoxy) is 2. The van der Waals surface area contributed by atoms with Crippen molar-refractivity contribution in [3.8, 4) is 11.5 Å². The van der Waals surface area contributed by atoms with Gasteiger partial charge in [-0.15, -0.1) is 0 Å². The molecule has 6 nitrogen and oxygen atoms in total. The van der Waals surface area contributed by atoms with Gasteiger partial charge in [0.2, 0.25) is 0 Å². The van der Waals surface area contributed by atoms with Crippen LogP contribution in [-0.4, -0.2) is 19.4 Å². The number of hydrogen-bond acceptors (Lipinski definition) is 4. The van der Waals surface area contributed by atoms with Crippen LogP contribution in [0, 0.1) is 0 Å². The Balaban J connectivity index is 2.09. The lowest BCUT2D eigenvalue weighted by atomic mass is 10.2. The first kappa shape index (κ1) is 17.9. The van der Waals surface area contributed by atoms with E-state index < -0.39 is 6.03 Å². The molecule has 0 spiro atoms. The van der Waals surface area contributed by atoms with Crippen molar-refractivity contribution in [1.29, 1.82) is 0 Å². The van der Waals surface area contributed by atoms with Gasteiger partial charge in [-0.25, -0.2) is 10.2 Å². The lowest BCUT2D eigenvalue weighted by molar-refractivity contribution is 0.249. The number of carbonyl (C=O) groups is 1. The smallest absolute Gasteiger partial charge is 0.332 e. The van der Waals surface area contributed by atoms with Crippen LogP contribution < -0.4 is 20.6 Å². The number of primary amides is 1. The second kappa shape index (κ2) is 8.42. The van der Waals surface area contributed by atoms with Crippen molar-refractivity contribution in [2.24, 2.45) is 10.8 Å². The molecule has 0 saturated heterocycles. The fraction of sp³-hybridized carbons (Fsp3) is 0.125. The van der Waals surface area contributed by atoms with Crippen LogP contribution in [0.1, 0.15) is 11.1 Å². The zero-order valence-electron chi connectivity index (χ0n) is 12.8. The van der Waals surface area contributed by atoms with Crippen molar-refractivity contribution in [1.82, 2.24) is 5.43 Å². The quantitative estimate of drug-likeness (QED) is 0.604. The van der Waals surface area contributed by atoms with E-state index in [-0.39, 0.29) is 6.61 Å². The van der Waals surface area contributed by atoms with E-state index in [9.17, 15) is 4.79 Å². The molecule has 0 aliphatic heterocycles. The van der Waals surface area contributed by atoms with Gasteiger partial charge in [0.25, 0.3) is 0 Å². The number of benzene rings is 2. The van der Waals surface area contributed by atoms with Crippen LogP contribution in [0.2, 0.25) is 10.0 Å². The van der Waals surface area contributed by atoms with Crippen molar-refractivity contribution >= 4 is 35.4 Å². The molecular formula is C16H15Cl2N3O3. The summed E-state index contributed by atoms with van der Waals surface area (Å²) < 4.78 is 11.0. The Morgan fingerprint density at radius 1 is 1.25 bits per heavy atom. The van der Waals surface area contributed by atoms with Crippen LogP contribution in [0.4, 0.5) is 4.79 Å². The van der Waals surface area contributed by atoms with E-state index in [1.165, 1.54) is 13.3 Å². The number of hydrogen-bond donors (Lipinski definition) is 2. The Kier molecular flexibility index (Phi) is 6.28. The van der Waals surface area contributed by atoms with Crippen LogP contribution in [-0.2, 0) is 6.61 Å². The maximum atomic E-state index is 10.6. The topological polar surface area (TPSA) is 85.9 Å². The summed E-state index contributed by atoms with van der Waals surface area (Å²) in [6.45, 7) is 0.267. The number of rotatable bonds is 6. The predicted octanol–water partition coefficient (Wildman–Crippen LogP) is 3.58. The molecule has 0 fully saturated rings. The molecule has 126 valence electrons. The monoisotopic (exact) mass is 367 g/mol. The second-order valence-corrected chi connectivity index (χ2v) is 5.51. The standard InChI is InChI=1S/C16H15Cl2N3O3/c1-23-15-6-10(8-20-21-16(19)22)2-5-14(15)24-9-11-3-4-12(17)7-13(11)18/h2-8H,9H2,1H3,(H3,19,21,22)/b20-8+. The summed E-state index contributed by atoms with van der Waals surface area (Å²) >= 11 is 12.0. The van der Waals surface area contributed by atoms with E-state index >= 15 is 0 Å². The highest BCUT2D eigenvalue weighted by atomic mass is 35.5. The average Bonchev–Trinajstić information content (AvgIpc) is 2.54. The van der Waals surface area contributed by atoms with Crippen molar-refractivity contribution in [2.75, 3.05) is 7.11 Å². The van der Waals surface area contributed by atoms with Gasteiger partial charge in [0.15, 0.2) is 11.5 Å². The Hall–Kier alpha value is -2.44. The molecule has 0 saturated carbocycles. The Bertz CT molecular complexity index is 766. The molecule has 0 aliphatic carbocycles. The Labute approximate surface area is 149 Å². The number of methoxy groups -OCH3 is 1. The van der Waals surface area contributed by atoms with E-state index in [0.717, 1.165) is 5.56 Å². The third-order valence-electron chi connectivity index (χ3n) is 2.97. The highest BCUT2D eigenvalue weighted by Gasteiger charge is 2.08. The van der Waals surface area contributed by atoms with Crippen LogP contribution >= 0.6 is 23.2 Å². The number of amides is 2. The Morgan fingerprint density at radius 3 is 2.71 bits per heavy atom. The molecule has 2 rings (SSSR count). The first-order valence-electron chi connectivity index (χ1n) is 6.83. The summed E-state index contributed by atoms with van der Waals surface area (Å²) in [6, 6.07) is 9.66. The summed E-state index contributed by atoms with van der Waals surface area (Å²) in [5, 5.41) is 4.78.